The molecule has 0 bridgehead atoms. The first kappa shape index (κ1) is 16.3. The SMILES string of the molecule is CC(=O)N1CC(CCC(=O)Nc2ccc3nncn3c2)c2ccccc21. The van der Waals surface area contributed by atoms with Crippen LogP contribution in [-0.4, -0.2) is 33.0 Å². The maximum absolute atomic E-state index is 12.3. The lowest BCUT2D eigenvalue weighted by molar-refractivity contribution is -0.116. The second-order valence-corrected chi connectivity index (χ2v) is 6.49. The molecule has 1 aliphatic rings. The summed E-state index contributed by atoms with van der Waals surface area (Å²) in [5, 5.41) is 10.7. The number of anilines is 2. The van der Waals surface area contributed by atoms with Gasteiger partial charge in [0.1, 0.15) is 6.33 Å². The van der Waals surface area contributed by atoms with Gasteiger partial charge in [0.2, 0.25) is 11.8 Å². The molecule has 1 N–H and O–H groups in total. The standard InChI is InChI=1S/C19H19N5O2/c1-13(25)24-10-14(16-4-2-3-5-17(16)24)6-9-19(26)21-15-7-8-18-22-20-12-23(18)11-15/h2-5,7-8,11-12,14H,6,9-10H2,1H3,(H,21,26). The van der Waals surface area contributed by atoms with Crippen LogP contribution in [0.3, 0.4) is 0 Å². The van der Waals surface area contributed by atoms with Crippen molar-refractivity contribution in [3.8, 4) is 0 Å². The topological polar surface area (TPSA) is 79.6 Å². The van der Waals surface area contributed by atoms with Crippen molar-refractivity contribution in [3.63, 3.8) is 0 Å². The van der Waals surface area contributed by atoms with Crippen molar-refractivity contribution in [1.29, 1.82) is 0 Å². The second-order valence-electron chi connectivity index (χ2n) is 6.49. The van der Waals surface area contributed by atoms with Gasteiger partial charge in [0.15, 0.2) is 5.65 Å². The van der Waals surface area contributed by atoms with Crippen LogP contribution >= 0.6 is 0 Å². The lowest BCUT2D eigenvalue weighted by atomic mass is 9.96. The first-order valence-corrected chi connectivity index (χ1v) is 8.58. The molecule has 2 aromatic heterocycles. The third-order valence-electron chi connectivity index (χ3n) is 4.74. The van der Waals surface area contributed by atoms with Crippen molar-refractivity contribution in [3.05, 3.63) is 54.5 Å². The monoisotopic (exact) mass is 349 g/mol. The van der Waals surface area contributed by atoms with E-state index in [2.05, 4.69) is 15.5 Å². The van der Waals surface area contributed by atoms with Crippen molar-refractivity contribution in [2.75, 3.05) is 16.8 Å². The maximum Gasteiger partial charge on any atom is 0.224 e. The highest BCUT2D eigenvalue weighted by atomic mass is 16.2. The highest BCUT2D eigenvalue weighted by Gasteiger charge is 2.30. The van der Waals surface area contributed by atoms with E-state index in [9.17, 15) is 9.59 Å². The Morgan fingerprint density at radius 1 is 1.23 bits per heavy atom. The van der Waals surface area contributed by atoms with E-state index in [0.29, 0.717) is 25.1 Å². The van der Waals surface area contributed by atoms with Gasteiger partial charge in [-0.25, -0.2) is 0 Å². The van der Waals surface area contributed by atoms with E-state index in [0.717, 1.165) is 16.9 Å². The lowest BCUT2D eigenvalue weighted by Crippen LogP contribution is -2.27. The zero-order valence-corrected chi connectivity index (χ0v) is 14.4. The summed E-state index contributed by atoms with van der Waals surface area (Å²) in [4.78, 5) is 26.0. The van der Waals surface area contributed by atoms with Crippen LogP contribution in [0.1, 0.15) is 31.2 Å². The predicted molar refractivity (Wildman–Crippen MR) is 98.1 cm³/mol. The molecule has 0 radical (unpaired) electrons. The summed E-state index contributed by atoms with van der Waals surface area (Å²) < 4.78 is 1.76. The van der Waals surface area contributed by atoms with Crippen LogP contribution in [0, 0.1) is 0 Å². The molecule has 0 saturated carbocycles. The number of benzene rings is 1. The average Bonchev–Trinajstić information content (AvgIpc) is 3.24. The number of hydrogen-bond donors (Lipinski definition) is 1. The third kappa shape index (κ3) is 3.03. The molecule has 7 heteroatoms. The maximum atomic E-state index is 12.3. The van der Waals surface area contributed by atoms with E-state index in [-0.39, 0.29) is 17.7 Å². The Hall–Kier alpha value is -3.22. The highest BCUT2D eigenvalue weighted by molar-refractivity contribution is 5.94. The number of nitrogens with zero attached hydrogens (tertiary/aromatic N) is 4. The van der Waals surface area contributed by atoms with Crippen molar-refractivity contribution in [2.45, 2.75) is 25.7 Å². The van der Waals surface area contributed by atoms with Crippen LogP contribution in [0.5, 0.6) is 0 Å². The molecule has 1 aliphatic heterocycles. The number of carbonyl (C=O) groups excluding carboxylic acids is 2. The lowest BCUT2D eigenvalue weighted by Gasteiger charge is -2.15. The van der Waals surface area contributed by atoms with Crippen molar-refractivity contribution in [2.24, 2.45) is 0 Å². The van der Waals surface area contributed by atoms with E-state index >= 15 is 0 Å². The summed E-state index contributed by atoms with van der Waals surface area (Å²) >= 11 is 0. The molecular formula is C19H19N5O2. The Morgan fingerprint density at radius 3 is 2.92 bits per heavy atom. The van der Waals surface area contributed by atoms with Gasteiger partial charge in [-0.2, -0.15) is 0 Å². The van der Waals surface area contributed by atoms with Crippen molar-refractivity contribution < 1.29 is 9.59 Å². The van der Waals surface area contributed by atoms with Gasteiger partial charge in [0, 0.05) is 37.7 Å². The Labute approximate surface area is 150 Å². The number of hydrogen-bond acceptors (Lipinski definition) is 4. The average molecular weight is 349 g/mol. The summed E-state index contributed by atoms with van der Waals surface area (Å²) in [6.45, 7) is 2.21. The number of amides is 2. The van der Waals surface area contributed by atoms with E-state index in [1.807, 2.05) is 30.3 Å². The molecule has 26 heavy (non-hydrogen) atoms. The Balaban J connectivity index is 1.41. The summed E-state index contributed by atoms with van der Waals surface area (Å²) in [6.07, 6.45) is 4.47. The van der Waals surface area contributed by atoms with Gasteiger partial charge >= 0.3 is 0 Å². The number of nitrogens with one attached hydrogen (secondary N) is 1. The number of pyridine rings is 1. The molecule has 0 saturated heterocycles. The number of carbonyl (C=O) groups is 2. The van der Waals surface area contributed by atoms with Crippen LogP contribution in [0.25, 0.3) is 5.65 Å². The molecule has 0 fully saturated rings. The summed E-state index contributed by atoms with van der Waals surface area (Å²) in [7, 11) is 0. The van der Waals surface area contributed by atoms with Gasteiger partial charge in [-0.1, -0.05) is 18.2 Å². The molecule has 132 valence electrons. The first-order chi connectivity index (χ1) is 12.6. The molecule has 7 nitrogen and oxygen atoms in total. The van der Waals surface area contributed by atoms with Crippen molar-refractivity contribution in [1.82, 2.24) is 14.6 Å². The zero-order chi connectivity index (χ0) is 18.1. The highest BCUT2D eigenvalue weighted by Crippen LogP contribution is 2.38. The van der Waals surface area contributed by atoms with Crippen LogP contribution in [-0.2, 0) is 9.59 Å². The van der Waals surface area contributed by atoms with Crippen LogP contribution in [0.2, 0.25) is 0 Å². The quantitative estimate of drug-likeness (QED) is 0.785. The third-order valence-corrected chi connectivity index (χ3v) is 4.74. The fraction of sp³-hybridized carbons (Fsp3) is 0.263. The molecule has 1 unspecified atom stereocenters. The summed E-state index contributed by atoms with van der Waals surface area (Å²) in [5.41, 5.74) is 3.54. The number of fused-ring (bicyclic) bond motifs is 2. The number of rotatable bonds is 4. The second kappa shape index (κ2) is 6.59. The molecule has 0 spiro atoms. The largest absolute Gasteiger partial charge is 0.325 e. The van der Waals surface area contributed by atoms with E-state index in [1.54, 1.807) is 34.8 Å². The van der Waals surface area contributed by atoms with Gasteiger partial charge in [0.25, 0.3) is 0 Å². The van der Waals surface area contributed by atoms with Gasteiger partial charge in [-0.05, 0) is 30.2 Å². The summed E-state index contributed by atoms with van der Waals surface area (Å²) in [5.74, 6) is 0.170. The molecule has 3 heterocycles. The van der Waals surface area contributed by atoms with Gasteiger partial charge < -0.3 is 10.2 Å². The van der Waals surface area contributed by atoms with Crippen molar-refractivity contribution >= 4 is 28.8 Å². The Bertz CT molecular complexity index is 981. The fourth-order valence-electron chi connectivity index (χ4n) is 3.47. The van der Waals surface area contributed by atoms with Gasteiger partial charge in [-0.3, -0.25) is 14.0 Å². The van der Waals surface area contributed by atoms with E-state index in [4.69, 9.17) is 0 Å². The molecule has 1 aromatic carbocycles. The normalized spacial score (nSPS) is 15.9. The van der Waals surface area contributed by atoms with Crippen LogP contribution < -0.4 is 10.2 Å². The van der Waals surface area contributed by atoms with Gasteiger partial charge in [0.05, 0.1) is 5.69 Å². The smallest absolute Gasteiger partial charge is 0.224 e. The zero-order valence-electron chi connectivity index (χ0n) is 14.4. The molecular weight excluding hydrogens is 330 g/mol. The molecule has 2 amide bonds. The molecule has 0 aliphatic carbocycles. The van der Waals surface area contributed by atoms with Gasteiger partial charge in [-0.15, -0.1) is 10.2 Å². The fourth-order valence-corrected chi connectivity index (χ4v) is 3.47. The minimum Gasteiger partial charge on any atom is -0.325 e. The summed E-state index contributed by atoms with van der Waals surface area (Å²) in [6, 6.07) is 11.5. The van der Waals surface area contributed by atoms with E-state index < -0.39 is 0 Å². The van der Waals surface area contributed by atoms with Crippen LogP contribution in [0.15, 0.2) is 48.9 Å². The number of para-hydroxylation sites is 1. The molecule has 3 aromatic rings. The number of aromatic nitrogens is 3. The van der Waals surface area contributed by atoms with E-state index in [1.165, 1.54) is 0 Å². The minimum atomic E-state index is -0.0452. The minimum absolute atomic E-state index is 0.0339. The molecule has 1 atom stereocenters. The first-order valence-electron chi connectivity index (χ1n) is 8.58. The molecule has 4 rings (SSSR count). The Kier molecular flexibility index (Phi) is 4.12. The van der Waals surface area contributed by atoms with Crippen LogP contribution in [0.4, 0.5) is 11.4 Å². The Morgan fingerprint density at radius 2 is 2.08 bits per heavy atom. The predicted octanol–water partition coefficient (Wildman–Crippen LogP) is 2.60.